The molecule has 0 bridgehead atoms. The topological polar surface area (TPSA) is 76.4 Å². The van der Waals surface area contributed by atoms with Crippen LogP contribution in [0.5, 0.6) is 5.75 Å². The van der Waals surface area contributed by atoms with Gasteiger partial charge in [0.15, 0.2) is 17.2 Å². The van der Waals surface area contributed by atoms with Gasteiger partial charge in [0.05, 0.1) is 11.9 Å². The van der Waals surface area contributed by atoms with Gasteiger partial charge >= 0.3 is 0 Å². The van der Waals surface area contributed by atoms with Crippen molar-refractivity contribution in [1.82, 2.24) is 9.38 Å². The lowest BCUT2D eigenvalue weighted by molar-refractivity contribution is 0.456. The first-order valence-corrected chi connectivity index (χ1v) is 5.68. The molecule has 0 atom stereocenters. The van der Waals surface area contributed by atoms with E-state index in [1.165, 1.54) is 6.20 Å². The smallest absolute Gasteiger partial charge is 0.180 e. The van der Waals surface area contributed by atoms with E-state index < -0.39 is 0 Å². The van der Waals surface area contributed by atoms with Crippen molar-refractivity contribution in [2.45, 2.75) is 6.92 Å². The molecule has 0 saturated carbocycles. The molecule has 3 N–H and O–H groups in total. The summed E-state index contributed by atoms with van der Waals surface area (Å²) < 4.78 is 8.21. The number of nitrogens with one attached hydrogen (secondary N) is 1. The quantitative estimate of drug-likeness (QED) is 0.673. The number of allylic oxidation sites excluding steroid dienone is 1. The number of aromatic nitrogens is 2. The lowest BCUT2D eigenvalue weighted by Crippen LogP contribution is -2.01. The second-order valence-corrected chi connectivity index (χ2v) is 4.37. The molecule has 88 valence electrons. The summed E-state index contributed by atoms with van der Waals surface area (Å²) in [5, 5.41) is 7.14. The van der Waals surface area contributed by atoms with Gasteiger partial charge in [-0.05, 0) is 22.9 Å². The van der Waals surface area contributed by atoms with Crippen LogP contribution in [-0.2, 0) is 0 Å². The van der Waals surface area contributed by atoms with Gasteiger partial charge in [0.1, 0.15) is 0 Å². The molecule has 6 heteroatoms. The number of fused-ring (bicyclic) bond motifs is 1. The molecule has 2 aromatic heterocycles. The normalized spacial score (nSPS) is 11.8. The first-order valence-electron chi connectivity index (χ1n) is 4.89. The van der Waals surface area contributed by atoms with Crippen LogP contribution >= 0.6 is 15.9 Å². The van der Waals surface area contributed by atoms with Crippen LogP contribution in [0.4, 0.5) is 0 Å². The Morgan fingerprint density at radius 2 is 2.35 bits per heavy atom. The van der Waals surface area contributed by atoms with E-state index in [1.54, 1.807) is 6.07 Å². The van der Waals surface area contributed by atoms with E-state index in [-0.39, 0.29) is 5.76 Å². The summed E-state index contributed by atoms with van der Waals surface area (Å²) in [4.78, 5) is 4.35. The minimum atomic E-state index is 0.269. The van der Waals surface area contributed by atoms with Crippen molar-refractivity contribution in [3.05, 3.63) is 40.6 Å². The number of nitrogens with zero attached hydrogens (tertiary/aromatic N) is 2. The van der Waals surface area contributed by atoms with Gasteiger partial charge in [0, 0.05) is 29.1 Å². The van der Waals surface area contributed by atoms with Crippen molar-refractivity contribution >= 4 is 27.8 Å². The Morgan fingerprint density at radius 3 is 3.00 bits per heavy atom. The van der Waals surface area contributed by atoms with Crippen molar-refractivity contribution in [2.75, 3.05) is 0 Å². The molecule has 2 heterocycles. The SMILES string of the molecule is Cc1cn2cc(Br)cc(O/C(C=N)=C/N)c2n1. The van der Waals surface area contributed by atoms with Crippen LogP contribution in [-0.4, -0.2) is 15.6 Å². The van der Waals surface area contributed by atoms with Crippen molar-refractivity contribution in [1.29, 1.82) is 5.41 Å². The van der Waals surface area contributed by atoms with E-state index in [1.807, 2.05) is 23.7 Å². The largest absolute Gasteiger partial charge is 0.450 e. The average Bonchev–Trinajstić information content (AvgIpc) is 2.66. The fourth-order valence-corrected chi connectivity index (χ4v) is 1.90. The molecule has 0 aromatic carbocycles. The highest BCUT2D eigenvalue weighted by molar-refractivity contribution is 9.10. The van der Waals surface area contributed by atoms with Gasteiger partial charge in [-0.15, -0.1) is 0 Å². The molecular formula is C11H11BrN4O. The van der Waals surface area contributed by atoms with Gasteiger partial charge in [0.25, 0.3) is 0 Å². The number of hydrogen-bond acceptors (Lipinski definition) is 4. The lowest BCUT2D eigenvalue weighted by atomic mass is 10.4. The van der Waals surface area contributed by atoms with Crippen molar-refractivity contribution in [3.8, 4) is 5.75 Å². The predicted octanol–water partition coefficient (Wildman–Crippen LogP) is 2.23. The van der Waals surface area contributed by atoms with Crippen LogP contribution in [0.15, 0.2) is 34.9 Å². The second-order valence-electron chi connectivity index (χ2n) is 3.45. The summed E-state index contributed by atoms with van der Waals surface area (Å²) in [6.07, 6.45) is 6.06. The van der Waals surface area contributed by atoms with Gasteiger partial charge in [-0.2, -0.15) is 0 Å². The highest BCUT2D eigenvalue weighted by atomic mass is 79.9. The molecule has 0 fully saturated rings. The zero-order chi connectivity index (χ0) is 12.4. The number of pyridine rings is 1. The van der Waals surface area contributed by atoms with Crippen LogP contribution < -0.4 is 10.5 Å². The van der Waals surface area contributed by atoms with Crippen LogP contribution in [0.2, 0.25) is 0 Å². The molecule has 2 aromatic rings. The summed E-state index contributed by atoms with van der Waals surface area (Å²) in [5.74, 6) is 0.818. The zero-order valence-corrected chi connectivity index (χ0v) is 10.7. The van der Waals surface area contributed by atoms with Gasteiger partial charge in [-0.3, -0.25) is 0 Å². The van der Waals surface area contributed by atoms with E-state index in [2.05, 4.69) is 20.9 Å². The number of imidazole rings is 1. The fraction of sp³-hybridized carbons (Fsp3) is 0.0909. The Labute approximate surface area is 107 Å². The van der Waals surface area contributed by atoms with Crippen LogP contribution in [0.25, 0.3) is 5.65 Å². The number of aryl methyl sites for hydroxylation is 1. The summed E-state index contributed by atoms with van der Waals surface area (Å²) in [7, 11) is 0. The maximum absolute atomic E-state index is 7.14. The van der Waals surface area contributed by atoms with E-state index in [4.69, 9.17) is 15.9 Å². The minimum absolute atomic E-state index is 0.269. The molecular weight excluding hydrogens is 284 g/mol. The number of rotatable bonds is 3. The average molecular weight is 295 g/mol. The van der Waals surface area contributed by atoms with E-state index in [0.717, 1.165) is 16.4 Å². The minimum Gasteiger partial charge on any atom is -0.450 e. The highest BCUT2D eigenvalue weighted by Gasteiger charge is 2.08. The van der Waals surface area contributed by atoms with Gasteiger partial charge in [0.2, 0.25) is 0 Å². The number of ether oxygens (including phenoxy) is 1. The van der Waals surface area contributed by atoms with E-state index in [9.17, 15) is 0 Å². The third kappa shape index (κ3) is 2.31. The summed E-state index contributed by atoms with van der Waals surface area (Å²) in [6, 6.07) is 1.79. The van der Waals surface area contributed by atoms with Crippen molar-refractivity contribution < 1.29 is 4.74 Å². The Kier molecular flexibility index (Phi) is 3.14. The monoisotopic (exact) mass is 294 g/mol. The van der Waals surface area contributed by atoms with Crippen LogP contribution in [0, 0.1) is 12.3 Å². The maximum atomic E-state index is 7.14. The van der Waals surface area contributed by atoms with E-state index >= 15 is 0 Å². The molecule has 0 amide bonds. The van der Waals surface area contributed by atoms with Gasteiger partial charge < -0.3 is 20.3 Å². The molecule has 0 saturated heterocycles. The fourth-order valence-electron chi connectivity index (χ4n) is 1.47. The summed E-state index contributed by atoms with van der Waals surface area (Å²) >= 11 is 3.39. The Hall–Kier alpha value is -1.82. The molecule has 5 nitrogen and oxygen atoms in total. The zero-order valence-electron chi connectivity index (χ0n) is 9.14. The third-order valence-electron chi connectivity index (χ3n) is 2.14. The van der Waals surface area contributed by atoms with Crippen molar-refractivity contribution in [3.63, 3.8) is 0 Å². The Balaban J connectivity index is 2.55. The number of nitrogens with two attached hydrogens (primary N) is 1. The van der Waals surface area contributed by atoms with E-state index in [0.29, 0.717) is 11.4 Å². The summed E-state index contributed by atoms with van der Waals surface area (Å²) in [5.41, 5.74) is 6.92. The predicted molar refractivity (Wildman–Crippen MR) is 69.3 cm³/mol. The number of hydrogen-bond donors (Lipinski definition) is 2. The van der Waals surface area contributed by atoms with Crippen LogP contribution in [0.3, 0.4) is 0 Å². The highest BCUT2D eigenvalue weighted by Crippen LogP contribution is 2.25. The van der Waals surface area contributed by atoms with Gasteiger partial charge in [-0.1, -0.05) is 0 Å². The Morgan fingerprint density at radius 1 is 1.59 bits per heavy atom. The molecule has 0 aliphatic rings. The van der Waals surface area contributed by atoms with Gasteiger partial charge in [-0.25, -0.2) is 4.98 Å². The first kappa shape index (κ1) is 11.7. The molecule has 0 aliphatic carbocycles. The second kappa shape index (κ2) is 4.58. The molecule has 0 unspecified atom stereocenters. The Bertz CT molecular complexity index is 603. The maximum Gasteiger partial charge on any atom is 0.180 e. The van der Waals surface area contributed by atoms with Crippen molar-refractivity contribution in [2.24, 2.45) is 5.73 Å². The summed E-state index contributed by atoms with van der Waals surface area (Å²) in [6.45, 7) is 1.90. The first-order chi connectivity index (χ1) is 8.13. The molecule has 2 rings (SSSR count). The third-order valence-corrected chi connectivity index (χ3v) is 2.57. The number of halogens is 1. The molecule has 17 heavy (non-hydrogen) atoms. The van der Waals surface area contributed by atoms with Crippen LogP contribution in [0.1, 0.15) is 5.69 Å². The lowest BCUT2D eigenvalue weighted by Gasteiger charge is -2.07. The molecule has 0 spiro atoms. The molecule has 0 aliphatic heterocycles. The molecule has 0 radical (unpaired) electrons. The standard InChI is InChI=1S/C11H11BrN4O/c1-7-5-16-6-8(12)2-10(11(16)15-7)17-9(3-13)4-14/h2-6,13H,14H2,1H3/b9-4+,13-3?.